The molecule has 0 saturated heterocycles. The molecule has 0 rings (SSSR count). The molecule has 0 heterocycles. The van der Waals surface area contributed by atoms with Crippen molar-refractivity contribution in [2.75, 3.05) is 6.61 Å². The van der Waals surface area contributed by atoms with E-state index in [0.717, 1.165) is 19.3 Å². The first-order chi connectivity index (χ1) is 4.81. The maximum absolute atomic E-state index is 10.7. The molecule has 0 unspecified atom stereocenters. The van der Waals surface area contributed by atoms with Crippen molar-refractivity contribution < 1.29 is 14.2 Å². The quantitative estimate of drug-likeness (QED) is 0.460. The van der Waals surface area contributed by atoms with Crippen LogP contribution in [0.5, 0.6) is 0 Å². The van der Waals surface area contributed by atoms with Crippen molar-refractivity contribution in [3.8, 4) is 0 Å². The number of ether oxygens (including phenoxy) is 1. The van der Waals surface area contributed by atoms with Gasteiger partial charge in [-0.1, -0.05) is 19.8 Å². The first-order valence-corrected chi connectivity index (χ1v) is 3.96. The lowest BCUT2D eigenvalue weighted by Crippen LogP contribution is -2.02. The van der Waals surface area contributed by atoms with Gasteiger partial charge in [-0.05, 0) is 13.3 Å². The van der Waals surface area contributed by atoms with E-state index in [0.29, 0.717) is 13.0 Å². The monoisotopic (exact) mass is 164 g/mol. The van der Waals surface area contributed by atoms with Gasteiger partial charge in [-0.2, -0.15) is 0 Å². The van der Waals surface area contributed by atoms with Crippen LogP contribution in [-0.4, -0.2) is 12.6 Å². The van der Waals surface area contributed by atoms with Crippen LogP contribution in [0.3, 0.4) is 0 Å². The molecule has 0 fully saturated rings. The average Bonchev–Trinajstić information content (AvgIpc) is 1.89. The maximum Gasteiger partial charge on any atom is 0.305 e. The van der Waals surface area contributed by atoms with Crippen molar-refractivity contribution in [3.05, 3.63) is 0 Å². The van der Waals surface area contributed by atoms with Crippen LogP contribution >= 0.6 is 0 Å². The molecule has 0 aromatic heterocycles. The number of unbranched alkanes of at least 4 members (excludes halogenated alkanes) is 2. The Bertz CT molecular complexity index is 94.1. The van der Waals surface area contributed by atoms with Gasteiger partial charge in [0.15, 0.2) is 0 Å². The Kier molecular flexibility index (Phi) is 11.1. The molecule has 0 amide bonds. The summed E-state index contributed by atoms with van der Waals surface area (Å²) in [7, 11) is 0. The van der Waals surface area contributed by atoms with Crippen LogP contribution in [0, 0.1) is 0 Å². The number of esters is 1. The van der Waals surface area contributed by atoms with E-state index in [2.05, 4.69) is 6.92 Å². The molecule has 0 saturated carbocycles. The Morgan fingerprint density at radius 3 is 2.36 bits per heavy atom. The Morgan fingerprint density at radius 1 is 1.27 bits per heavy atom. The fourth-order valence-electron chi connectivity index (χ4n) is 0.752. The van der Waals surface area contributed by atoms with Crippen molar-refractivity contribution >= 4 is 5.97 Å². The largest absolute Gasteiger partial charge is 0.466 e. The van der Waals surface area contributed by atoms with Gasteiger partial charge in [0.05, 0.1) is 6.61 Å². The van der Waals surface area contributed by atoms with Crippen molar-refractivity contribution in [2.45, 2.75) is 39.5 Å². The maximum atomic E-state index is 10.7. The Labute approximate surface area is 67.3 Å². The van der Waals surface area contributed by atoms with Crippen LogP contribution in [0.1, 0.15) is 39.5 Å². The third-order valence-electron chi connectivity index (χ3n) is 1.29. The third-order valence-corrected chi connectivity index (χ3v) is 1.29. The minimum absolute atomic E-state index is 0. The third kappa shape index (κ3) is 9.40. The second-order valence-corrected chi connectivity index (χ2v) is 2.26. The van der Waals surface area contributed by atoms with Crippen molar-refractivity contribution in [2.24, 2.45) is 0 Å². The van der Waals surface area contributed by atoms with Crippen LogP contribution in [0.4, 0.5) is 4.70 Å². The van der Waals surface area contributed by atoms with E-state index in [1.54, 1.807) is 0 Å². The van der Waals surface area contributed by atoms with E-state index >= 15 is 0 Å². The predicted molar refractivity (Wildman–Crippen MR) is 43.3 cm³/mol. The molecule has 0 atom stereocenters. The molecular formula is C8H17FO2. The molecule has 0 aromatic carbocycles. The van der Waals surface area contributed by atoms with Crippen LogP contribution in [0.25, 0.3) is 0 Å². The molecule has 11 heavy (non-hydrogen) atoms. The van der Waals surface area contributed by atoms with Gasteiger partial charge < -0.3 is 4.74 Å². The Hall–Kier alpha value is -0.600. The average molecular weight is 164 g/mol. The summed E-state index contributed by atoms with van der Waals surface area (Å²) in [6.45, 7) is 4.45. The zero-order valence-electron chi connectivity index (χ0n) is 7.26. The number of rotatable bonds is 5. The number of carbonyl (C=O) groups excluding carboxylic acids is 1. The summed E-state index contributed by atoms with van der Waals surface area (Å²) in [6, 6.07) is 0. The lowest BCUT2D eigenvalue weighted by atomic mass is 10.2. The molecule has 0 aromatic rings. The first kappa shape index (κ1) is 13.0. The normalized spacial score (nSPS) is 8.55. The highest BCUT2D eigenvalue weighted by molar-refractivity contribution is 5.69. The fraction of sp³-hybridized carbons (Fsp3) is 0.875. The van der Waals surface area contributed by atoms with Crippen LogP contribution < -0.4 is 0 Å². The van der Waals surface area contributed by atoms with E-state index < -0.39 is 0 Å². The Morgan fingerprint density at radius 2 is 1.91 bits per heavy atom. The van der Waals surface area contributed by atoms with Gasteiger partial charge in [-0.3, -0.25) is 9.50 Å². The molecule has 0 aliphatic heterocycles. The number of carbonyl (C=O) groups is 1. The summed E-state index contributed by atoms with van der Waals surface area (Å²) >= 11 is 0. The standard InChI is InChI=1S/C8H16O2.FH/c1-3-5-6-7-8(9)10-4-2;/h3-7H2,1-2H3;1H. The van der Waals surface area contributed by atoms with E-state index in [1.165, 1.54) is 0 Å². The highest BCUT2D eigenvalue weighted by Crippen LogP contribution is 1.99. The van der Waals surface area contributed by atoms with Crippen LogP contribution in [-0.2, 0) is 9.53 Å². The zero-order valence-corrected chi connectivity index (χ0v) is 7.26. The summed E-state index contributed by atoms with van der Waals surface area (Å²) in [4.78, 5) is 10.7. The van der Waals surface area contributed by atoms with Gasteiger partial charge in [0.1, 0.15) is 0 Å². The van der Waals surface area contributed by atoms with Crippen LogP contribution in [0.15, 0.2) is 0 Å². The fourth-order valence-corrected chi connectivity index (χ4v) is 0.752. The molecule has 3 heteroatoms. The van der Waals surface area contributed by atoms with Crippen LogP contribution in [0.2, 0.25) is 0 Å². The smallest absolute Gasteiger partial charge is 0.305 e. The molecule has 0 N–H and O–H groups in total. The summed E-state index contributed by atoms with van der Waals surface area (Å²) in [5.74, 6) is -0.0593. The predicted octanol–water partition coefficient (Wildman–Crippen LogP) is 2.28. The minimum Gasteiger partial charge on any atom is -0.466 e. The highest BCUT2D eigenvalue weighted by atomic mass is 19.0. The van der Waals surface area contributed by atoms with Gasteiger partial charge in [-0.25, -0.2) is 0 Å². The SMILES string of the molecule is CCCCCC(=O)OCC.F. The van der Waals surface area contributed by atoms with Crippen molar-refractivity contribution in [3.63, 3.8) is 0 Å². The topological polar surface area (TPSA) is 26.3 Å². The summed E-state index contributed by atoms with van der Waals surface area (Å²) < 4.78 is 4.75. The summed E-state index contributed by atoms with van der Waals surface area (Å²) in [5, 5.41) is 0. The Balaban J connectivity index is 0. The van der Waals surface area contributed by atoms with Gasteiger partial charge in [0, 0.05) is 6.42 Å². The van der Waals surface area contributed by atoms with E-state index in [-0.39, 0.29) is 10.7 Å². The number of hydrogen-bond donors (Lipinski definition) is 0. The molecule has 0 aliphatic rings. The van der Waals surface area contributed by atoms with Gasteiger partial charge in [0.25, 0.3) is 0 Å². The summed E-state index contributed by atoms with van der Waals surface area (Å²) in [5.41, 5.74) is 0. The van der Waals surface area contributed by atoms with Gasteiger partial charge in [-0.15, -0.1) is 0 Å². The molecule has 0 spiro atoms. The lowest BCUT2D eigenvalue weighted by molar-refractivity contribution is -0.143. The molecule has 0 aliphatic carbocycles. The minimum atomic E-state index is -0.0593. The van der Waals surface area contributed by atoms with E-state index in [1.807, 2.05) is 6.92 Å². The highest BCUT2D eigenvalue weighted by Gasteiger charge is 1.98. The lowest BCUT2D eigenvalue weighted by Gasteiger charge is -1.99. The number of hydrogen-bond acceptors (Lipinski definition) is 2. The molecule has 2 nitrogen and oxygen atoms in total. The zero-order chi connectivity index (χ0) is 7.82. The van der Waals surface area contributed by atoms with Gasteiger partial charge in [0.2, 0.25) is 0 Å². The molecular weight excluding hydrogens is 147 g/mol. The van der Waals surface area contributed by atoms with E-state index in [4.69, 9.17) is 4.74 Å². The van der Waals surface area contributed by atoms with Crippen molar-refractivity contribution in [1.29, 1.82) is 0 Å². The molecule has 0 radical (unpaired) electrons. The first-order valence-electron chi connectivity index (χ1n) is 3.96. The molecule has 0 bridgehead atoms. The second-order valence-electron chi connectivity index (χ2n) is 2.26. The van der Waals surface area contributed by atoms with Gasteiger partial charge >= 0.3 is 5.97 Å². The second kappa shape index (κ2) is 9.40. The van der Waals surface area contributed by atoms with E-state index in [9.17, 15) is 4.79 Å². The van der Waals surface area contributed by atoms with Crippen molar-refractivity contribution in [1.82, 2.24) is 0 Å². The molecule has 68 valence electrons. The summed E-state index contributed by atoms with van der Waals surface area (Å²) in [6.07, 6.45) is 3.83. The number of halogens is 1.